The molecule has 1 saturated heterocycles. The smallest absolute Gasteiger partial charge is 0.249 e. The minimum absolute atomic E-state index is 0.0745. The summed E-state index contributed by atoms with van der Waals surface area (Å²) >= 11 is 1.36. The molecule has 0 bridgehead atoms. The third-order valence-corrected chi connectivity index (χ3v) is 4.16. The Morgan fingerprint density at radius 3 is 2.67 bits per heavy atom. The van der Waals surface area contributed by atoms with Crippen LogP contribution in [0, 0.1) is 0 Å². The Morgan fingerprint density at radius 2 is 2.05 bits per heavy atom. The van der Waals surface area contributed by atoms with Gasteiger partial charge in [-0.05, 0) is 31.2 Å². The number of thioether (sulfide) groups is 1. The Balaban J connectivity index is 1.94. The van der Waals surface area contributed by atoms with Crippen LogP contribution in [0.3, 0.4) is 0 Å². The molecule has 1 unspecified atom stereocenters. The maximum atomic E-state index is 12.1. The Morgan fingerprint density at radius 1 is 1.38 bits per heavy atom. The predicted octanol–water partition coefficient (Wildman–Crippen LogP) is 0.661. The number of nitrogens with zero attached hydrogens (tertiary/aromatic N) is 1. The van der Waals surface area contributed by atoms with Crippen LogP contribution in [0.15, 0.2) is 29.2 Å². The SMILES string of the molecule is COc1ccc(SCC(=O)N2CC(=O)NC(=O)C2C)cc1. The number of nitrogens with one attached hydrogen (secondary N) is 1. The third kappa shape index (κ3) is 3.75. The molecule has 1 heterocycles. The van der Waals surface area contributed by atoms with Crippen molar-refractivity contribution >= 4 is 29.5 Å². The minimum Gasteiger partial charge on any atom is -0.497 e. The standard InChI is InChI=1S/C14H16N2O4S/c1-9-14(19)15-12(17)7-16(9)13(18)8-21-11-5-3-10(20-2)4-6-11/h3-6,9H,7-8H2,1-2H3,(H,15,17,19). The molecule has 3 amide bonds. The third-order valence-electron chi connectivity index (χ3n) is 3.17. The summed E-state index contributed by atoms with van der Waals surface area (Å²) in [5.74, 6) is -0.184. The fourth-order valence-electron chi connectivity index (χ4n) is 1.92. The molecule has 0 aromatic heterocycles. The summed E-state index contributed by atoms with van der Waals surface area (Å²) in [6.45, 7) is 1.53. The van der Waals surface area contributed by atoms with Crippen LogP contribution in [-0.4, -0.2) is 48.1 Å². The maximum absolute atomic E-state index is 12.1. The van der Waals surface area contributed by atoms with Crippen molar-refractivity contribution in [3.8, 4) is 5.75 Å². The highest BCUT2D eigenvalue weighted by atomic mass is 32.2. The summed E-state index contributed by atoms with van der Waals surface area (Å²) in [6, 6.07) is 6.72. The van der Waals surface area contributed by atoms with Crippen LogP contribution in [0.1, 0.15) is 6.92 Å². The van der Waals surface area contributed by atoms with Gasteiger partial charge >= 0.3 is 0 Å². The van der Waals surface area contributed by atoms with Crippen molar-refractivity contribution in [3.63, 3.8) is 0 Å². The van der Waals surface area contributed by atoms with E-state index in [1.54, 1.807) is 14.0 Å². The molecule has 0 radical (unpaired) electrons. The number of imide groups is 1. The lowest BCUT2D eigenvalue weighted by molar-refractivity contribution is -0.148. The van der Waals surface area contributed by atoms with Crippen LogP contribution in [0.25, 0.3) is 0 Å². The molecule has 1 fully saturated rings. The Hall–Kier alpha value is -2.02. The molecule has 0 spiro atoms. The lowest BCUT2D eigenvalue weighted by atomic mass is 10.2. The van der Waals surface area contributed by atoms with E-state index in [-0.39, 0.29) is 18.2 Å². The van der Waals surface area contributed by atoms with E-state index in [0.29, 0.717) is 0 Å². The fourth-order valence-corrected chi connectivity index (χ4v) is 2.70. The molecule has 0 saturated carbocycles. The highest BCUT2D eigenvalue weighted by Crippen LogP contribution is 2.22. The molecule has 7 heteroatoms. The quantitative estimate of drug-likeness (QED) is 0.653. The van der Waals surface area contributed by atoms with Crippen LogP contribution >= 0.6 is 11.8 Å². The molecule has 2 rings (SSSR count). The van der Waals surface area contributed by atoms with Crippen molar-refractivity contribution in [1.82, 2.24) is 10.2 Å². The van der Waals surface area contributed by atoms with E-state index in [1.807, 2.05) is 24.3 Å². The number of carbonyl (C=O) groups is 3. The van der Waals surface area contributed by atoms with Gasteiger partial charge in [-0.2, -0.15) is 0 Å². The average molecular weight is 308 g/mol. The molecular formula is C14H16N2O4S. The number of methoxy groups -OCH3 is 1. The largest absolute Gasteiger partial charge is 0.497 e. The minimum atomic E-state index is -0.619. The van der Waals surface area contributed by atoms with E-state index in [0.717, 1.165) is 10.6 Å². The summed E-state index contributed by atoms with van der Waals surface area (Å²) in [6.07, 6.45) is 0. The number of rotatable bonds is 4. The monoisotopic (exact) mass is 308 g/mol. The number of benzene rings is 1. The number of carbonyl (C=O) groups excluding carboxylic acids is 3. The maximum Gasteiger partial charge on any atom is 0.249 e. The van der Waals surface area contributed by atoms with Crippen LogP contribution in [0.4, 0.5) is 0 Å². The van der Waals surface area contributed by atoms with E-state index in [4.69, 9.17) is 4.74 Å². The molecule has 0 aliphatic carbocycles. The molecule has 1 aromatic carbocycles. The lowest BCUT2D eigenvalue weighted by Crippen LogP contribution is -2.59. The van der Waals surface area contributed by atoms with Gasteiger partial charge in [-0.3, -0.25) is 19.7 Å². The van der Waals surface area contributed by atoms with E-state index >= 15 is 0 Å². The first-order valence-corrected chi connectivity index (χ1v) is 7.40. The molecule has 1 aromatic rings. The van der Waals surface area contributed by atoms with Crippen LogP contribution in [0.5, 0.6) is 5.75 Å². The van der Waals surface area contributed by atoms with Gasteiger partial charge in [0.05, 0.1) is 12.9 Å². The molecule has 1 aliphatic heterocycles. The molecule has 1 aliphatic rings. The summed E-state index contributed by atoms with van der Waals surface area (Å²) in [5, 5.41) is 2.21. The molecule has 1 atom stereocenters. The van der Waals surface area contributed by atoms with E-state index in [2.05, 4.69) is 5.32 Å². The first-order valence-electron chi connectivity index (χ1n) is 6.41. The van der Waals surface area contributed by atoms with E-state index in [1.165, 1.54) is 16.7 Å². The van der Waals surface area contributed by atoms with Gasteiger partial charge in [-0.1, -0.05) is 0 Å². The number of ether oxygens (including phenoxy) is 1. The van der Waals surface area contributed by atoms with Crippen LogP contribution < -0.4 is 10.1 Å². The predicted molar refractivity (Wildman–Crippen MR) is 78.0 cm³/mol. The highest BCUT2D eigenvalue weighted by Gasteiger charge is 2.33. The molecule has 6 nitrogen and oxygen atoms in total. The van der Waals surface area contributed by atoms with Gasteiger partial charge in [-0.25, -0.2) is 0 Å². The zero-order chi connectivity index (χ0) is 15.4. The molecular weight excluding hydrogens is 292 g/mol. The highest BCUT2D eigenvalue weighted by molar-refractivity contribution is 8.00. The van der Waals surface area contributed by atoms with Gasteiger partial charge in [0.2, 0.25) is 17.7 Å². The Labute approximate surface area is 126 Å². The van der Waals surface area contributed by atoms with Crippen molar-refractivity contribution in [3.05, 3.63) is 24.3 Å². The molecule has 21 heavy (non-hydrogen) atoms. The van der Waals surface area contributed by atoms with E-state index < -0.39 is 17.9 Å². The van der Waals surface area contributed by atoms with Crippen molar-refractivity contribution in [2.75, 3.05) is 19.4 Å². The van der Waals surface area contributed by atoms with Gasteiger partial charge in [0.1, 0.15) is 18.3 Å². The fraction of sp³-hybridized carbons (Fsp3) is 0.357. The first-order chi connectivity index (χ1) is 10.0. The first kappa shape index (κ1) is 15.4. The zero-order valence-electron chi connectivity index (χ0n) is 11.8. The second-order valence-electron chi connectivity index (χ2n) is 4.57. The van der Waals surface area contributed by atoms with E-state index in [9.17, 15) is 14.4 Å². The summed E-state index contributed by atoms with van der Waals surface area (Å²) in [4.78, 5) is 37.2. The number of hydrogen-bond acceptors (Lipinski definition) is 5. The average Bonchev–Trinajstić information content (AvgIpc) is 2.49. The Bertz CT molecular complexity index is 559. The van der Waals surface area contributed by atoms with Gasteiger partial charge in [0.25, 0.3) is 0 Å². The van der Waals surface area contributed by atoms with Crippen molar-refractivity contribution in [2.45, 2.75) is 17.9 Å². The Kier molecular flexibility index (Phi) is 4.85. The van der Waals surface area contributed by atoms with Gasteiger partial charge in [-0.15, -0.1) is 11.8 Å². The van der Waals surface area contributed by atoms with Gasteiger partial charge < -0.3 is 9.64 Å². The molecule has 1 N–H and O–H groups in total. The number of hydrogen-bond donors (Lipinski definition) is 1. The van der Waals surface area contributed by atoms with Gasteiger partial charge in [0, 0.05) is 4.90 Å². The van der Waals surface area contributed by atoms with Crippen molar-refractivity contribution < 1.29 is 19.1 Å². The second-order valence-corrected chi connectivity index (χ2v) is 5.62. The van der Waals surface area contributed by atoms with Crippen LogP contribution in [-0.2, 0) is 14.4 Å². The summed E-state index contributed by atoms with van der Waals surface area (Å²) in [5.41, 5.74) is 0. The van der Waals surface area contributed by atoms with Gasteiger partial charge in [0.15, 0.2) is 0 Å². The number of piperazine rings is 1. The lowest BCUT2D eigenvalue weighted by Gasteiger charge is -2.31. The molecule has 112 valence electrons. The van der Waals surface area contributed by atoms with Crippen molar-refractivity contribution in [1.29, 1.82) is 0 Å². The second kappa shape index (κ2) is 6.62. The normalized spacial score (nSPS) is 18.4. The van der Waals surface area contributed by atoms with Crippen LogP contribution in [0.2, 0.25) is 0 Å². The van der Waals surface area contributed by atoms with Crippen molar-refractivity contribution in [2.24, 2.45) is 0 Å². The summed E-state index contributed by atoms with van der Waals surface area (Å²) in [7, 11) is 1.59. The number of amides is 3. The topological polar surface area (TPSA) is 75.7 Å². The summed E-state index contributed by atoms with van der Waals surface area (Å²) < 4.78 is 5.06. The zero-order valence-corrected chi connectivity index (χ0v) is 12.6.